The fourth-order valence-corrected chi connectivity index (χ4v) is 6.65. The zero-order valence-electron chi connectivity index (χ0n) is 22.2. The Balaban J connectivity index is 1.43. The number of piperidine rings is 1. The van der Waals surface area contributed by atoms with Gasteiger partial charge in [-0.25, -0.2) is 13.2 Å². The number of ether oxygens (including phenoxy) is 2. The van der Waals surface area contributed by atoms with Crippen molar-refractivity contribution in [3.05, 3.63) is 77.3 Å². The zero-order valence-corrected chi connectivity index (χ0v) is 23.7. The lowest BCUT2D eigenvalue weighted by molar-refractivity contribution is -0.142. The molecule has 212 valence electrons. The number of nitrogens with zero attached hydrogens (tertiary/aromatic N) is 1. The summed E-state index contributed by atoms with van der Waals surface area (Å²) in [6.45, 7) is 0.150. The second-order valence-corrected chi connectivity index (χ2v) is 11.9. The van der Waals surface area contributed by atoms with Crippen LogP contribution in [0.1, 0.15) is 18.4 Å². The average Bonchev–Trinajstić information content (AvgIpc) is 2.97. The van der Waals surface area contributed by atoms with Gasteiger partial charge in [-0.1, -0.05) is 48.0 Å². The molecule has 1 aliphatic rings. The molecule has 2 N–H and O–H groups in total. The van der Waals surface area contributed by atoms with Gasteiger partial charge in [-0.3, -0.25) is 4.79 Å². The molecule has 3 aromatic carbocycles. The van der Waals surface area contributed by atoms with Crippen LogP contribution in [0.4, 0.5) is 0 Å². The average molecular weight is 587 g/mol. The highest BCUT2D eigenvalue weighted by Crippen LogP contribution is 2.32. The Labute approximate surface area is 238 Å². The van der Waals surface area contributed by atoms with Crippen molar-refractivity contribution in [3.63, 3.8) is 0 Å². The van der Waals surface area contributed by atoms with Gasteiger partial charge in [0.25, 0.3) is 0 Å². The van der Waals surface area contributed by atoms with Crippen LogP contribution in [0.2, 0.25) is 5.02 Å². The first kappa shape index (κ1) is 29.4. The smallest absolute Gasteiger partial charge is 0.326 e. The number of carboxylic acid groups (broad SMARTS) is 1. The standard InChI is InChI=1S/C29H31ClN2O7S/c1-38-24-12-9-21(10-13-24)20-7-5-19(6-8-20)16-25(29(34)35)31-28(33)22-4-3-15-32(18-22)40(36,37)27-17-23(30)11-14-26(27)39-2/h5-14,17,22,25H,3-4,15-16,18H2,1-2H3,(H,31,33)(H,34,35)/t22?,25-/m0/s1. The predicted molar refractivity (Wildman–Crippen MR) is 151 cm³/mol. The van der Waals surface area contributed by atoms with E-state index in [0.717, 1.165) is 22.4 Å². The summed E-state index contributed by atoms with van der Waals surface area (Å²) in [5.74, 6) is -1.46. The maximum Gasteiger partial charge on any atom is 0.326 e. The van der Waals surface area contributed by atoms with Gasteiger partial charge in [-0.15, -0.1) is 0 Å². The van der Waals surface area contributed by atoms with Crippen molar-refractivity contribution in [1.82, 2.24) is 9.62 Å². The van der Waals surface area contributed by atoms with E-state index in [1.807, 2.05) is 48.5 Å². The molecule has 4 rings (SSSR count). The molecular formula is C29H31ClN2O7S. The van der Waals surface area contributed by atoms with Crippen molar-refractivity contribution in [1.29, 1.82) is 0 Å². The normalized spacial score (nSPS) is 16.6. The molecule has 1 saturated heterocycles. The summed E-state index contributed by atoms with van der Waals surface area (Å²) in [6, 6.07) is 18.2. The Morgan fingerprint density at radius 1 is 1.02 bits per heavy atom. The van der Waals surface area contributed by atoms with Gasteiger partial charge in [-0.05, 0) is 59.9 Å². The third kappa shape index (κ3) is 6.75. The third-order valence-corrected chi connectivity index (χ3v) is 9.05. The number of aliphatic carboxylic acids is 1. The maximum atomic E-state index is 13.4. The first-order valence-corrected chi connectivity index (χ1v) is 14.5. The highest BCUT2D eigenvalue weighted by Gasteiger charge is 2.36. The molecule has 1 aliphatic heterocycles. The van der Waals surface area contributed by atoms with E-state index < -0.39 is 33.9 Å². The first-order valence-electron chi connectivity index (χ1n) is 12.7. The molecule has 0 aromatic heterocycles. The second-order valence-electron chi connectivity index (χ2n) is 9.53. The first-order chi connectivity index (χ1) is 19.1. The largest absolute Gasteiger partial charge is 0.497 e. The number of hydrogen-bond donors (Lipinski definition) is 2. The highest BCUT2D eigenvalue weighted by molar-refractivity contribution is 7.89. The van der Waals surface area contributed by atoms with E-state index in [4.69, 9.17) is 21.1 Å². The number of sulfonamides is 1. The molecule has 40 heavy (non-hydrogen) atoms. The Hall–Kier alpha value is -3.60. The molecular weight excluding hydrogens is 556 g/mol. The fourth-order valence-electron chi connectivity index (χ4n) is 4.71. The molecule has 3 aromatic rings. The van der Waals surface area contributed by atoms with Crippen molar-refractivity contribution < 1.29 is 32.6 Å². The Morgan fingerprint density at radius 2 is 1.68 bits per heavy atom. The maximum absolute atomic E-state index is 13.4. The molecule has 2 atom stereocenters. The van der Waals surface area contributed by atoms with Crippen LogP contribution in [0.25, 0.3) is 11.1 Å². The van der Waals surface area contributed by atoms with Gasteiger partial charge in [0.15, 0.2) is 0 Å². The van der Waals surface area contributed by atoms with E-state index in [2.05, 4.69) is 5.32 Å². The number of carbonyl (C=O) groups excluding carboxylic acids is 1. The summed E-state index contributed by atoms with van der Waals surface area (Å²) in [5, 5.41) is 12.7. The molecule has 1 unspecified atom stereocenters. The lowest BCUT2D eigenvalue weighted by atomic mass is 9.97. The number of nitrogens with one attached hydrogen (secondary N) is 1. The summed E-state index contributed by atoms with van der Waals surface area (Å²) in [7, 11) is -1.03. The highest BCUT2D eigenvalue weighted by atomic mass is 35.5. The molecule has 0 saturated carbocycles. The summed E-state index contributed by atoms with van der Waals surface area (Å²) in [4.78, 5) is 25.1. The van der Waals surface area contributed by atoms with Crippen LogP contribution in [0.15, 0.2) is 71.6 Å². The number of carbonyl (C=O) groups is 2. The van der Waals surface area contributed by atoms with E-state index in [9.17, 15) is 23.1 Å². The molecule has 0 aliphatic carbocycles. The number of amides is 1. The topological polar surface area (TPSA) is 122 Å². The van der Waals surface area contributed by atoms with Gasteiger partial charge < -0.3 is 19.9 Å². The monoisotopic (exact) mass is 586 g/mol. The van der Waals surface area contributed by atoms with E-state index >= 15 is 0 Å². The lowest BCUT2D eigenvalue weighted by Gasteiger charge is -2.32. The number of hydrogen-bond acceptors (Lipinski definition) is 6. The van der Waals surface area contributed by atoms with Gasteiger partial charge in [0.05, 0.1) is 20.1 Å². The number of rotatable bonds is 10. The minimum Gasteiger partial charge on any atom is -0.497 e. The number of methoxy groups -OCH3 is 2. The van der Waals surface area contributed by atoms with E-state index in [1.165, 1.54) is 29.6 Å². The summed E-state index contributed by atoms with van der Waals surface area (Å²) in [5.41, 5.74) is 2.69. The molecule has 9 nitrogen and oxygen atoms in total. The second kappa shape index (κ2) is 12.7. The van der Waals surface area contributed by atoms with E-state index in [0.29, 0.717) is 12.8 Å². The van der Waals surface area contributed by atoms with Gasteiger partial charge in [-0.2, -0.15) is 4.31 Å². The number of benzene rings is 3. The van der Waals surface area contributed by atoms with Crippen molar-refractivity contribution in [2.45, 2.75) is 30.2 Å². The molecule has 1 fully saturated rings. The van der Waals surface area contributed by atoms with E-state index in [1.54, 1.807) is 7.11 Å². The third-order valence-electron chi connectivity index (χ3n) is 6.93. The summed E-state index contributed by atoms with van der Waals surface area (Å²) < 4.78 is 38.4. The fraction of sp³-hybridized carbons (Fsp3) is 0.310. The summed E-state index contributed by atoms with van der Waals surface area (Å²) >= 11 is 6.04. The molecule has 0 radical (unpaired) electrons. The lowest BCUT2D eigenvalue weighted by Crippen LogP contribution is -2.50. The van der Waals surface area contributed by atoms with Crippen LogP contribution in [-0.2, 0) is 26.0 Å². The molecule has 11 heteroatoms. The predicted octanol–water partition coefficient (Wildman–Crippen LogP) is 4.24. The van der Waals surface area contributed by atoms with Crippen molar-refractivity contribution in [2.75, 3.05) is 27.3 Å². The van der Waals surface area contributed by atoms with Gasteiger partial charge in [0.1, 0.15) is 22.4 Å². The van der Waals surface area contributed by atoms with Crippen LogP contribution in [0, 0.1) is 5.92 Å². The van der Waals surface area contributed by atoms with Gasteiger partial charge in [0, 0.05) is 24.5 Å². The van der Waals surface area contributed by atoms with Crippen molar-refractivity contribution in [2.24, 2.45) is 5.92 Å². The Bertz CT molecular complexity index is 1460. The minimum atomic E-state index is -4.00. The minimum absolute atomic E-state index is 0.0767. The Morgan fingerprint density at radius 3 is 2.27 bits per heavy atom. The number of halogens is 1. The van der Waals surface area contributed by atoms with Crippen molar-refractivity contribution >= 4 is 33.5 Å². The molecule has 1 heterocycles. The van der Waals surface area contributed by atoms with Crippen molar-refractivity contribution in [3.8, 4) is 22.6 Å². The molecule has 1 amide bonds. The van der Waals surface area contributed by atoms with Crippen LogP contribution in [0.3, 0.4) is 0 Å². The van der Waals surface area contributed by atoms with Crippen LogP contribution in [0.5, 0.6) is 11.5 Å². The van der Waals surface area contributed by atoms with Crippen LogP contribution < -0.4 is 14.8 Å². The number of carboxylic acids is 1. The van der Waals surface area contributed by atoms with E-state index in [-0.39, 0.29) is 35.2 Å². The summed E-state index contributed by atoms with van der Waals surface area (Å²) in [6.07, 6.45) is 0.969. The molecule has 0 spiro atoms. The van der Waals surface area contributed by atoms with Crippen LogP contribution >= 0.6 is 11.6 Å². The zero-order chi connectivity index (χ0) is 28.9. The molecule has 0 bridgehead atoms. The SMILES string of the molecule is COc1ccc(-c2ccc(C[C@H](NC(=O)C3CCCN(S(=O)(=O)c4cc(Cl)ccc4OC)C3)C(=O)O)cc2)cc1. The van der Waals surface area contributed by atoms with Crippen LogP contribution in [-0.4, -0.2) is 63.1 Å². The van der Waals surface area contributed by atoms with Gasteiger partial charge in [0.2, 0.25) is 15.9 Å². The Kier molecular flexibility index (Phi) is 9.34. The quantitative estimate of drug-likeness (QED) is 0.364. The van der Waals surface area contributed by atoms with Gasteiger partial charge >= 0.3 is 5.97 Å².